The average Bonchev–Trinajstić information content (AvgIpc) is 2.48. The van der Waals surface area contributed by atoms with Crippen molar-refractivity contribution in [2.24, 2.45) is 0 Å². The second-order valence-corrected chi connectivity index (χ2v) is 7.30. The van der Waals surface area contributed by atoms with Crippen molar-refractivity contribution in [2.45, 2.75) is 4.90 Å². The smallest absolute Gasteiger partial charge is 0.185 e. The van der Waals surface area contributed by atoms with Crippen molar-refractivity contribution in [3.63, 3.8) is 0 Å². The lowest BCUT2D eigenvalue weighted by Gasteiger charge is -2.00. The third-order valence-electron chi connectivity index (χ3n) is 2.75. The lowest BCUT2D eigenvalue weighted by Crippen LogP contribution is -1.93. The molecule has 102 valence electrons. The fourth-order valence-corrected chi connectivity index (χ4v) is 2.92. The van der Waals surface area contributed by atoms with Crippen LogP contribution < -0.4 is 0 Å². The van der Waals surface area contributed by atoms with Crippen molar-refractivity contribution in [3.8, 4) is 0 Å². The van der Waals surface area contributed by atoms with Crippen molar-refractivity contribution >= 4 is 68.8 Å². The van der Waals surface area contributed by atoms with Crippen molar-refractivity contribution in [1.29, 1.82) is 0 Å². The number of hydrogen-bond donors (Lipinski definition) is 0. The number of rotatable bonds is 4. The standard InChI is InChI=1S/C16H12I2OS/c1-20-13-6-4-12(5-7-13)16(19)9-3-11-2-8-14(17)15(18)10-11/h2-10H,1H3/b9-3+. The Balaban J connectivity index is 2.13. The topological polar surface area (TPSA) is 17.1 Å². The summed E-state index contributed by atoms with van der Waals surface area (Å²) in [6, 6.07) is 13.8. The van der Waals surface area contributed by atoms with Crippen LogP contribution in [0, 0.1) is 7.14 Å². The highest BCUT2D eigenvalue weighted by Crippen LogP contribution is 2.18. The van der Waals surface area contributed by atoms with Gasteiger partial charge in [0.1, 0.15) is 0 Å². The molecular formula is C16H12I2OS. The highest BCUT2D eigenvalue weighted by molar-refractivity contribution is 14.1. The number of allylic oxidation sites excluding steroid dienone is 1. The molecule has 0 spiro atoms. The van der Waals surface area contributed by atoms with E-state index in [0.29, 0.717) is 0 Å². The van der Waals surface area contributed by atoms with Gasteiger partial charge in [-0.3, -0.25) is 4.79 Å². The summed E-state index contributed by atoms with van der Waals surface area (Å²) < 4.78 is 2.42. The monoisotopic (exact) mass is 506 g/mol. The van der Waals surface area contributed by atoms with Crippen LogP contribution in [0.5, 0.6) is 0 Å². The molecule has 4 heteroatoms. The predicted octanol–water partition coefficient (Wildman–Crippen LogP) is 5.51. The van der Waals surface area contributed by atoms with E-state index in [9.17, 15) is 4.79 Å². The molecule has 0 aliphatic carbocycles. The molecule has 0 amide bonds. The van der Waals surface area contributed by atoms with Crippen molar-refractivity contribution in [3.05, 3.63) is 66.8 Å². The second kappa shape index (κ2) is 7.61. The molecule has 0 unspecified atom stereocenters. The first kappa shape index (κ1) is 16.0. The molecule has 0 radical (unpaired) electrons. The third kappa shape index (κ3) is 4.33. The van der Waals surface area contributed by atoms with Crippen LogP contribution in [0.4, 0.5) is 0 Å². The Morgan fingerprint density at radius 2 is 1.75 bits per heavy atom. The lowest BCUT2D eigenvalue weighted by molar-refractivity contribution is 0.104. The molecule has 0 bridgehead atoms. The summed E-state index contributed by atoms with van der Waals surface area (Å²) in [4.78, 5) is 13.2. The van der Waals surface area contributed by atoms with Crippen LogP contribution in [0.25, 0.3) is 6.08 Å². The van der Waals surface area contributed by atoms with E-state index in [-0.39, 0.29) is 5.78 Å². The number of carbonyl (C=O) groups excluding carboxylic acids is 1. The minimum atomic E-state index is 0.0335. The summed E-state index contributed by atoms with van der Waals surface area (Å²) >= 11 is 6.27. The zero-order chi connectivity index (χ0) is 14.5. The zero-order valence-electron chi connectivity index (χ0n) is 10.8. The fraction of sp³-hybridized carbons (Fsp3) is 0.0625. The maximum atomic E-state index is 12.1. The molecule has 2 aromatic carbocycles. The van der Waals surface area contributed by atoms with Crippen molar-refractivity contribution in [1.82, 2.24) is 0 Å². The van der Waals surface area contributed by atoms with Gasteiger partial charge in [-0.1, -0.05) is 12.1 Å². The molecule has 0 aliphatic heterocycles. The molecule has 0 aromatic heterocycles. The summed E-state index contributed by atoms with van der Waals surface area (Å²) in [5, 5.41) is 0. The van der Waals surface area contributed by atoms with Gasteiger partial charge in [-0.15, -0.1) is 11.8 Å². The molecule has 0 aliphatic rings. The molecule has 0 saturated heterocycles. The van der Waals surface area contributed by atoms with E-state index >= 15 is 0 Å². The first-order chi connectivity index (χ1) is 9.60. The SMILES string of the molecule is CSc1ccc(C(=O)/C=C/c2ccc(I)c(I)c2)cc1. The van der Waals surface area contributed by atoms with Gasteiger partial charge in [0.25, 0.3) is 0 Å². The van der Waals surface area contributed by atoms with Crippen LogP contribution in [0.15, 0.2) is 53.4 Å². The van der Waals surface area contributed by atoms with Gasteiger partial charge in [0.2, 0.25) is 0 Å². The summed E-state index contributed by atoms with van der Waals surface area (Å²) in [5.41, 5.74) is 1.77. The highest BCUT2D eigenvalue weighted by atomic mass is 127. The first-order valence-corrected chi connectivity index (χ1v) is 9.30. The minimum absolute atomic E-state index is 0.0335. The fourth-order valence-electron chi connectivity index (χ4n) is 1.64. The molecule has 2 rings (SSSR count). The number of ketones is 1. The number of carbonyl (C=O) groups is 1. The van der Waals surface area contributed by atoms with E-state index in [0.717, 1.165) is 16.0 Å². The molecule has 1 nitrogen and oxygen atoms in total. The van der Waals surface area contributed by atoms with E-state index in [1.54, 1.807) is 17.8 Å². The molecule has 0 saturated carbocycles. The number of benzene rings is 2. The van der Waals surface area contributed by atoms with E-state index in [1.165, 1.54) is 7.14 Å². The number of halogens is 2. The van der Waals surface area contributed by atoms with E-state index in [1.807, 2.05) is 42.7 Å². The summed E-state index contributed by atoms with van der Waals surface area (Å²) in [7, 11) is 0. The molecule has 0 N–H and O–H groups in total. The van der Waals surface area contributed by atoms with Crippen LogP contribution in [-0.4, -0.2) is 12.0 Å². The highest BCUT2D eigenvalue weighted by Gasteiger charge is 2.02. The Morgan fingerprint density at radius 1 is 1.05 bits per heavy atom. The maximum Gasteiger partial charge on any atom is 0.185 e. The first-order valence-electron chi connectivity index (χ1n) is 5.91. The van der Waals surface area contributed by atoms with Gasteiger partial charge in [-0.25, -0.2) is 0 Å². The number of thioether (sulfide) groups is 1. The summed E-state index contributed by atoms with van der Waals surface area (Å²) in [6.07, 6.45) is 5.52. The Hall–Kier alpha value is -0.340. The molecule has 0 atom stereocenters. The van der Waals surface area contributed by atoms with Gasteiger partial charge >= 0.3 is 0 Å². The molecule has 0 fully saturated rings. The molecule has 2 aromatic rings. The van der Waals surface area contributed by atoms with Gasteiger partial charge in [0.05, 0.1) is 0 Å². The average molecular weight is 506 g/mol. The van der Waals surface area contributed by atoms with E-state index < -0.39 is 0 Å². The van der Waals surface area contributed by atoms with Crippen molar-refractivity contribution in [2.75, 3.05) is 6.26 Å². The van der Waals surface area contributed by atoms with E-state index in [4.69, 9.17) is 0 Å². The van der Waals surface area contributed by atoms with Crippen LogP contribution in [-0.2, 0) is 0 Å². The molecule has 0 heterocycles. The van der Waals surface area contributed by atoms with Gasteiger partial charge in [0.15, 0.2) is 5.78 Å². The minimum Gasteiger partial charge on any atom is -0.289 e. The van der Waals surface area contributed by atoms with Crippen LogP contribution in [0.1, 0.15) is 15.9 Å². The Morgan fingerprint density at radius 3 is 2.35 bits per heavy atom. The van der Waals surface area contributed by atoms with Crippen molar-refractivity contribution < 1.29 is 4.79 Å². The largest absolute Gasteiger partial charge is 0.289 e. The van der Waals surface area contributed by atoms with Crippen LogP contribution >= 0.6 is 56.9 Å². The Bertz CT molecular complexity index is 648. The molecule has 20 heavy (non-hydrogen) atoms. The summed E-state index contributed by atoms with van der Waals surface area (Å²) in [5.74, 6) is 0.0335. The van der Waals surface area contributed by atoms with Crippen LogP contribution in [0.3, 0.4) is 0 Å². The number of hydrogen-bond acceptors (Lipinski definition) is 2. The third-order valence-corrected chi connectivity index (χ3v) is 6.35. The van der Waals surface area contributed by atoms with Crippen LogP contribution in [0.2, 0.25) is 0 Å². The van der Waals surface area contributed by atoms with E-state index in [2.05, 4.69) is 57.3 Å². The summed E-state index contributed by atoms with van der Waals surface area (Å²) in [6.45, 7) is 0. The Kier molecular flexibility index (Phi) is 6.10. The predicted molar refractivity (Wildman–Crippen MR) is 103 cm³/mol. The van der Waals surface area contributed by atoms with Gasteiger partial charge in [0, 0.05) is 17.6 Å². The quantitative estimate of drug-likeness (QED) is 0.236. The maximum absolute atomic E-state index is 12.1. The molecular weight excluding hydrogens is 494 g/mol. The lowest BCUT2D eigenvalue weighted by atomic mass is 10.1. The van der Waals surface area contributed by atoms with Gasteiger partial charge < -0.3 is 0 Å². The normalized spacial score (nSPS) is 10.9. The van der Waals surface area contributed by atoms with Gasteiger partial charge in [-0.05, 0) is 99.5 Å². The Labute approximate surface area is 150 Å². The zero-order valence-corrected chi connectivity index (χ0v) is 15.9. The second-order valence-electron chi connectivity index (χ2n) is 4.10. The van der Waals surface area contributed by atoms with Gasteiger partial charge in [-0.2, -0.15) is 0 Å².